The van der Waals surface area contributed by atoms with E-state index in [4.69, 9.17) is 0 Å². The molecule has 0 unspecified atom stereocenters. The molecule has 0 bridgehead atoms. The van der Waals surface area contributed by atoms with Gasteiger partial charge < -0.3 is 0 Å². The summed E-state index contributed by atoms with van der Waals surface area (Å²) in [6, 6.07) is 0. The van der Waals surface area contributed by atoms with Crippen molar-refractivity contribution in [3.8, 4) is 0 Å². The van der Waals surface area contributed by atoms with Gasteiger partial charge in [-0.15, -0.1) is 0 Å². The maximum absolute atomic E-state index is 11.7. The van der Waals surface area contributed by atoms with Gasteiger partial charge in [-0.3, -0.25) is 28.9 Å². The van der Waals surface area contributed by atoms with Crippen LogP contribution in [0.2, 0.25) is 0 Å². The molecule has 0 aliphatic carbocycles. The van der Waals surface area contributed by atoms with Crippen LogP contribution in [-0.4, -0.2) is 47.2 Å². The molecule has 0 radical (unpaired) electrons. The summed E-state index contributed by atoms with van der Waals surface area (Å²) in [6.45, 7) is -0.0257. The maximum atomic E-state index is 11.7. The van der Waals surface area contributed by atoms with Crippen molar-refractivity contribution in [2.75, 3.05) is 13.7 Å². The van der Waals surface area contributed by atoms with Crippen molar-refractivity contribution >= 4 is 23.6 Å². The first-order chi connectivity index (χ1) is 8.04. The van der Waals surface area contributed by atoms with Crippen LogP contribution < -0.4 is 0 Å². The fraction of sp³-hybridized carbons (Fsp3) is 0.600. The first kappa shape index (κ1) is 11.7. The van der Waals surface area contributed by atoms with Crippen molar-refractivity contribution in [3.05, 3.63) is 0 Å². The molecule has 2 saturated heterocycles. The lowest BCUT2D eigenvalue weighted by Crippen LogP contribution is -2.37. The molecular weight excluding hydrogens is 228 g/mol. The number of carbonyl (C=O) groups is 4. The lowest BCUT2D eigenvalue weighted by Gasteiger charge is -2.17. The topological polar surface area (TPSA) is 84.0 Å². The van der Waals surface area contributed by atoms with Gasteiger partial charge in [0, 0.05) is 25.8 Å². The SMILES string of the molecule is CON1C(=O)C[C@@H](CN2C(=O)CCC2=O)C1=O. The summed E-state index contributed by atoms with van der Waals surface area (Å²) >= 11 is 0. The van der Waals surface area contributed by atoms with Crippen LogP contribution in [-0.2, 0) is 24.0 Å². The van der Waals surface area contributed by atoms with Gasteiger partial charge in [0.1, 0.15) is 0 Å². The number of hydroxylamine groups is 2. The Morgan fingerprint density at radius 1 is 1.12 bits per heavy atom. The highest BCUT2D eigenvalue weighted by Gasteiger charge is 2.42. The number of hydrogen-bond acceptors (Lipinski definition) is 5. The van der Waals surface area contributed by atoms with E-state index in [1.807, 2.05) is 0 Å². The molecule has 4 amide bonds. The van der Waals surface area contributed by atoms with E-state index < -0.39 is 17.7 Å². The fourth-order valence-corrected chi connectivity index (χ4v) is 2.05. The third-order valence-electron chi connectivity index (χ3n) is 2.94. The van der Waals surface area contributed by atoms with Gasteiger partial charge >= 0.3 is 0 Å². The summed E-state index contributed by atoms with van der Waals surface area (Å²) in [4.78, 5) is 51.5. The van der Waals surface area contributed by atoms with Gasteiger partial charge in [0.15, 0.2) is 0 Å². The molecule has 2 heterocycles. The molecular formula is C10H12N2O5. The Bertz CT molecular complexity index is 390. The molecule has 2 aliphatic heterocycles. The van der Waals surface area contributed by atoms with E-state index >= 15 is 0 Å². The van der Waals surface area contributed by atoms with E-state index in [0.29, 0.717) is 5.06 Å². The van der Waals surface area contributed by atoms with E-state index in [1.54, 1.807) is 0 Å². The maximum Gasteiger partial charge on any atom is 0.258 e. The Labute approximate surface area is 97.2 Å². The number of nitrogens with zero attached hydrogens (tertiary/aromatic N) is 2. The van der Waals surface area contributed by atoms with Crippen LogP contribution in [0.4, 0.5) is 0 Å². The van der Waals surface area contributed by atoms with Crippen LogP contribution in [0.15, 0.2) is 0 Å². The molecule has 0 aromatic carbocycles. The number of amides is 4. The standard InChI is InChI=1S/C10H12N2O5/c1-17-12-9(15)4-6(10(12)16)5-11-7(13)2-3-8(11)14/h6H,2-5H2,1H3/t6-/m0/s1. The molecule has 0 aromatic heterocycles. The Morgan fingerprint density at radius 2 is 1.71 bits per heavy atom. The van der Waals surface area contributed by atoms with Crippen LogP contribution >= 0.6 is 0 Å². The molecule has 0 N–H and O–H groups in total. The first-order valence-corrected chi connectivity index (χ1v) is 5.28. The zero-order valence-corrected chi connectivity index (χ0v) is 9.34. The van der Waals surface area contributed by atoms with E-state index in [2.05, 4.69) is 4.84 Å². The van der Waals surface area contributed by atoms with Gasteiger partial charge in [-0.1, -0.05) is 0 Å². The molecule has 1 atom stereocenters. The highest BCUT2D eigenvalue weighted by molar-refractivity contribution is 6.05. The minimum absolute atomic E-state index is 0.0241. The summed E-state index contributed by atoms with van der Waals surface area (Å²) in [6.07, 6.45) is 0.340. The van der Waals surface area contributed by atoms with Crippen molar-refractivity contribution in [2.24, 2.45) is 5.92 Å². The molecule has 7 nitrogen and oxygen atoms in total. The third-order valence-corrected chi connectivity index (χ3v) is 2.94. The summed E-state index contributed by atoms with van der Waals surface area (Å²) in [7, 11) is 1.23. The quantitative estimate of drug-likeness (QED) is 0.595. The van der Waals surface area contributed by atoms with Gasteiger partial charge in [0.05, 0.1) is 13.0 Å². The average molecular weight is 240 g/mol. The molecule has 2 aliphatic rings. The molecule has 0 saturated carbocycles. The number of likely N-dealkylation sites (tertiary alicyclic amines) is 1. The van der Waals surface area contributed by atoms with Crippen LogP contribution in [0.5, 0.6) is 0 Å². The molecule has 7 heteroatoms. The van der Waals surface area contributed by atoms with Crippen molar-refractivity contribution in [1.29, 1.82) is 0 Å². The molecule has 2 fully saturated rings. The largest absolute Gasteiger partial charge is 0.282 e. The summed E-state index contributed by atoms with van der Waals surface area (Å²) in [5.41, 5.74) is 0. The second-order valence-electron chi connectivity index (χ2n) is 4.01. The first-order valence-electron chi connectivity index (χ1n) is 5.28. The van der Waals surface area contributed by atoms with Crippen molar-refractivity contribution in [3.63, 3.8) is 0 Å². The van der Waals surface area contributed by atoms with Crippen LogP contribution in [0.25, 0.3) is 0 Å². The highest BCUT2D eigenvalue weighted by Crippen LogP contribution is 2.23. The summed E-state index contributed by atoms with van der Waals surface area (Å²) < 4.78 is 0. The second kappa shape index (κ2) is 4.25. The second-order valence-corrected chi connectivity index (χ2v) is 4.01. The van der Waals surface area contributed by atoms with Gasteiger partial charge in [-0.05, 0) is 0 Å². The van der Waals surface area contributed by atoms with Gasteiger partial charge in [0.25, 0.3) is 11.8 Å². The van der Waals surface area contributed by atoms with Crippen molar-refractivity contribution < 1.29 is 24.0 Å². The molecule has 17 heavy (non-hydrogen) atoms. The van der Waals surface area contributed by atoms with Crippen molar-refractivity contribution in [1.82, 2.24) is 9.96 Å². The summed E-state index contributed by atoms with van der Waals surface area (Å²) in [5.74, 6) is -2.18. The van der Waals surface area contributed by atoms with Gasteiger partial charge in [-0.2, -0.15) is 5.06 Å². The smallest absolute Gasteiger partial charge is 0.258 e. The molecule has 0 spiro atoms. The van der Waals surface area contributed by atoms with Gasteiger partial charge in [-0.25, -0.2) is 0 Å². The number of carbonyl (C=O) groups excluding carboxylic acids is 4. The minimum atomic E-state index is -0.673. The fourth-order valence-electron chi connectivity index (χ4n) is 2.05. The predicted octanol–water partition coefficient (Wildman–Crippen LogP) is -0.928. The zero-order chi connectivity index (χ0) is 12.6. The Kier molecular flexibility index (Phi) is 2.93. The molecule has 0 aromatic rings. The Hall–Kier alpha value is -1.76. The minimum Gasteiger partial charge on any atom is -0.282 e. The van der Waals surface area contributed by atoms with Crippen molar-refractivity contribution in [2.45, 2.75) is 19.3 Å². The Balaban J connectivity index is 2.05. The third kappa shape index (κ3) is 1.93. The lowest BCUT2D eigenvalue weighted by molar-refractivity contribution is -0.180. The van der Waals surface area contributed by atoms with E-state index in [-0.39, 0.29) is 37.6 Å². The van der Waals surface area contributed by atoms with E-state index in [0.717, 1.165) is 4.90 Å². The summed E-state index contributed by atoms with van der Waals surface area (Å²) in [5, 5.41) is 0.676. The van der Waals surface area contributed by atoms with Crippen LogP contribution in [0.1, 0.15) is 19.3 Å². The number of hydrogen-bond donors (Lipinski definition) is 0. The van der Waals surface area contributed by atoms with Gasteiger partial charge in [0.2, 0.25) is 11.8 Å². The highest BCUT2D eigenvalue weighted by atomic mass is 16.7. The zero-order valence-electron chi connectivity index (χ0n) is 9.34. The predicted molar refractivity (Wildman–Crippen MR) is 52.9 cm³/mol. The molecule has 92 valence electrons. The van der Waals surface area contributed by atoms with E-state index in [1.165, 1.54) is 7.11 Å². The molecule has 2 rings (SSSR count). The van der Waals surface area contributed by atoms with Crippen LogP contribution in [0, 0.1) is 5.92 Å². The normalized spacial score (nSPS) is 25.4. The van der Waals surface area contributed by atoms with E-state index in [9.17, 15) is 19.2 Å². The average Bonchev–Trinajstić information content (AvgIpc) is 2.73. The monoisotopic (exact) mass is 240 g/mol. The number of imide groups is 2. The lowest BCUT2D eigenvalue weighted by atomic mass is 10.1. The van der Waals surface area contributed by atoms with Crippen LogP contribution in [0.3, 0.4) is 0 Å². The number of rotatable bonds is 3. The Morgan fingerprint density at radius 3 is 2.18 bits per heavy atom.